The summed E-state index contributed by atoms with van der Waals surface area (Å²) in [5.74, 6) is 0.847. The Balaban J connectivity index is 1.94. The Bertz CT molecular complexity index is 1050. The minimum atomic E-state index is -0.347. The van der Waals surface area contributed by atoms with Crippen LogP contribution in [0.2, 0.25) is 10.0 Å². The van der Waals surface area contributed by atoms with Crippen LogP contribution in [0.15, 0.2) is 52.9 Å². The second-order valence-electron chi connectivity index (χ2n) is 6.34. The Morgan fingerprint density at radius 3 is 2.63 bits per heavy atom. The Labute approximate surface area is 189 Å². The average molecular weight is 463 g/mol. The molecule has 0 saturated heterocycles. The molecule has 0 radical (unpaired) electrons. The molecule has 0 aromatic heterocycles. The number of allylic oxidation sites excluding steroid dienone is 1. The minimum absolute atomic E-state index is 0.240. The van der Waals surface area contributed by atoms with Gasteiger partial charge in [0.15, 0.2) is 16.7 Å². The van der Waals surface area contributed by atoms with Crippen molar-refractivity contribution in [1.29, 1.82) is 0 Å². The molecule has 156 valence electrons. The van der Waals surface area contributed by atoms with Crippen LogP contribution in [0.1, 0.15) is 23.6 Å². The van der Waals surface area contributed by atoms with Gasteiger partial charge in [0, 0.05) is 5.56 Å². The molecule has 3 rings (SSSR count). The highest BCUT2D eigenvalue weighted by Crippen LogP contribution is 2.37. The Hall–Kier alpha value is -2.41. The van der Waals surface area contributed by atoms with E-state index in [0.29, 0.717) is 46.1 Å². The van der Waals surface area contributed by atoms with Crippen LogP contribution in [0.4, 0.5) is 0 Å². The molecule has 0 fully saturated rings. The lowest BCUT2D eigenvalue weighted by Crippen LogP contribution is -2.03. The van der Waals surface area contributed by atoms with Gasteiger partial charge in [0.2, 0.25) is 0 Å². The predicted octanol–water partition coefficient (Wildman–Crippen LogP) is 5.63. The first-order valence-electron chi connectivity index (χ1n) is 9.16. The Morgan fingerprint density at radius 2 is 2.00 bits per heavy atom. The molecule has 0 bridgehead atoms. The smallest absolute Gasteiger partial charge is 0.286 e. The molecule has 1 amide bonds. The zero-order chi connectivity index (χ0) is 21.7. The normalized spacial score (nSPS) is 14.7. The van der Waals surface area contributed by atoms with Gasteiger partial charge in [-0.15, -0.1) is 6.58 Å². The average Bonchev–Trinajstić information content (AvgIpc) is 3.01. The number of carbonyl (C=O) groups excluding carboxylic acids is 1. The lowest BCUT2D eigenvalue weighted by atomic mass is 10.0. The number of rotatable bonds is 8. The summed E-state index contributed by atoms with van der Waals surface area (Å²) in [6.07, 6.45) is 4.09. The van der Waals surface area contributed by atoms with Crippen molar-refractivity contribution >= 4 is 52.1 Å². The molecule has 8 heteroatoms. The first-order chi connectivity index (χ1) is 14.4. The van der Waals surface area contributed by atoms with E-state index in [4.69, 9.17) is 38.4 Å². The maximum atomic E-state index is 11.9. The van der Waals surface area contributed by atoms with Crippen LogP contribution < -0.4 is 15.2 Å². The van der Waals surface area contributed by atoms with E-state index in [0.717, 1.165) is 28.5 Å². The molecular formula is C22H20Cl2N2O3S. The number of hydrogen-bond donors (Lipinski definition) is 1. The lowest BCUT2D eigenvalue weighted by Gasteiger charge is -2.17. The van der Waals surface area contributed by atoms with Crippen molar-refractivity contribution in [2.75, 3.05) is 6.61 Å². The highest BCUT2D eigenvalue weighted by atomic mass is 35.5. The quantitative estimate of drug-likeness (QED) is 0.406. The number of benzene rings is 2. The molecule has 30 heavy (non-hydrogen) atoms. The number of nitrogens with zero attached hydrogens (tertiary/aromatic N) is 1. The van der Waals surface area contributed by atoms with Crippen molar-refractivity contribution in [3.05, 3.63) is 74.6 Å². The van der Waals surface area contributed by atoms with Crippen LogP contribution in [0.5, 0.6) is 11.5 Å². The molecule has 1 heterocycles. The number of amides is 1. The molecular weight excluding hydrogens is 443 g/mol. The van der Waals surface area contributed by atoms with Gasteiger partial charge in [0.25, 0.3) is 5.91 Å². The molecule has 1 aliphatic rings. The maximum Gasteiger partial charge on any atom is 0.286 e. The number of hydrogen-bond acceptors (Lipinski definition) is 5. The van der Waals surface area contributed by atoms with Gasteiger partial charge in [-0.25, -0.2) is 0 Å². The first-order valence-corrected chi connectivity index (χ1v) is 10.7. The predicted molar refractivity (Wildman–Crippen MR) is 125 cm³/mol. The van der Waals surface area contributed by atoms with E-state index >= 15 is 0 Å². The first kappa shape index (κ1) is 22.3. The fraction of sp³-hybridized carbons (Fsp3) is 0.182. The van der Waals surface area contributed by atoms with Gasteiger partial charge in [0.1, 0.15) is 6.61 Å². The molecule has 0 spiro atoms. The van der Waals surface area contributed by atoms with Crippen molar-refractivity contribution in [2.24, 2.45) is 10.7 Å². The van der Waals surface area contributed by atoms with E-state index in [2.05, 4.69) is 11.6 Å². The summed E-state index contributed by atoms with van der Waals surface area (Å²) in [5.41, 5.74) is 8.19. The van der Waals surface area contributed by atoms with Crippen molar-refractivity contribution in [1.82, 2.24) is 0 Å². The molecule has 0 unspecified atom stereocenters. The molecule has 0 atom stereocenters. The molecule has 1 aliphatic heterocycles. The van der Waals surface area contributed by atoms with Crippen LogP contribution in [-0.2, 0) is 17.8 Å². The third-order valence-electron chi connectivity index (χ3n) is 4.12. The SMILES string of the molecule is C=CCc1cc(C=C2SC(N)=NC2=O)cc(OCC)c1OCc1ccc(Cl)c(Cl)c1. The second kappa shape index (κ2) is 10.1. The van der Waals surface area contributed by atoms with E-state index in [9.17, 15) is 4.79 Å². The highest BCUT2D eigenvalue weighted by Gasteiger charge is 2.20. The van der Waals surface area contributed by atoms with Crippen molar-refractivity contribution in [2.45, 2.75) is 20.0 Å². The van der Waals surface area contributed by atoms with Gasteiger partial charge in [-0.3, -0.25) is 4.79 Å². The van der Waals surface area contributed by atoms with Gasteiger partial charge in [-0.1, -0.05) is 35.3 Å². The van der Waals surface area contributed by atoms with Crippen molar-refractivity contribution in [3.63, 3.8) is 0 Å². The van der Waals surface area contributed by atoms with Gasteiger partial charge < -0.3 is 15.2 Å². The summed E-state index contributed by atoms with van der Waals surface area (Å²) in [6, 6.07) is 9.12. The summed E-state index contributed by atoms with van der Waals surface area (Å²) in [4.78, 5) is 16.1. The fourth-order valence-electron chi connectivity index (χ4n) is 2.86. The minimum Gasteiger partial charge on any atom is -0.490 e. The van der Waals surface area contributed by atoms with Crippen LogP contribution in [0.3, 0.4) is 0 Å². The maximum absolute atomic E-state index is 11.9. The fourth-order valence-corrected chi connectivity index (χ4v) is 3.86. The van der Waals surface area contributed by atoms with E-state index in [1.165, 1.54) is 0 Å². The third kappa shape index (κ3) is 5.39. The highest BCUT2D eigenvalue weighted by molar-refractivity contribution is 8.18. The molecule has 0 aliphatic carbocycles. The lowest BCUT2D eigenvalue weighted by molar-refractivity contribution is -0.113. The molecule has 2 aromatic rings. The zero-order valence-corrected chi connectivity index (χ0v) is 18.6. The van der Waals surface area contributed by atoms with Crippen molar-refractivity contribution in [3.8, 4) is 11.5 Å². The number of amidine groups is 1. The third-order valence-corrected chi connectivity index (χ3v) is 5.67. The summed E-state index contributed by atoms with van der Waals surface area (Å²) in [7, 11) is 0. The molecule has 2 aromatic carbocycles. The number of ether oxygens (including phenoxy) is 2. The van der Waals surface area contributed by atoms with Gasteiger partial charge in [-0.05, 0) is 66.6 Å². The number of nitrogens with two attached hydrogens (primary N) is 1. The topological polar surface area (TPSA) is 73.9 Å². The standard InChI is InChI=1S/C22H20Cl2N2O3S/c1-3-5-15-8-14(11-19-21(27)26-22(25)30-19)10-18(28-4-2)20(15)29-12-13-6-7-16(23)17(24)9-13/h3,6-11H,1,4-5,12H2,2H3,(H2,25,26,27). The van der Waals surface area contributed by atoms with Crippen LogP contribution in [-0.4, -0.2) is 17.7 Å². The zero-order valence-electron chi connectivity index (χ0n) is 16.3. The van der Waals surface area contributed by atoms with Crippen LogP contribution in [0.25, 0.3) is 6.08 Å². The summed E-state index contributed by atoms with van der Waals surface area (Å²) >= 11 is 13.2. The Kier molecular flexibility index (Phi) is 7.48. The number of aliphatic imine (C=N–C) groups is 1. The second-order valence-corrected chi connectivity index (χ2v) is 8.21. The molecule has 2 N–H and O–H groups in total. The van der Waals surface area contributed by atoms with Gasteiger partial charge in [0.05, 0.1) is 21.6 Å². The van der Waals surface area contributed by atoms with E-state index in [-0.39, 0.29) is 11.1 Å². The van der Waals surface area contributed by atoms with E-state index in [1.807, 2.05) is 25.1 Å². The van der Waals surface area contributed by atoms with Crippen molar-refractivity contribution < 1.29 is 14.3 Å². The number of halogens is 2. The van der Waals surface area contributed by atoms with Crippen LogP contribution >= 0.6 is 35.0 Å². The largest absolute Gasteiger partial charge is 0.490 e. The summed E-state index contributed by atoms with van der Waals surface area (Å²) < 4.78 is 11.9. The summed E-state index contributed by atoms with van der Waals surface area (Å²) in [5, 5.41) is 1.20. The van der Waals surface area contributed by atoms with Gasteiger partial charge >= 0.3 is 0 Å². The van der Waals surface area contributed by atoms with Crippen LogP contribution in [0, 0.1) is 0 Å². The van der Waals surface area contributed by atoms with E-state index in [1.54, 1.807) is 24.3 Å². The summed E-state index contributed by atoms with van der Waals surface area (Å²) in [6.45, 7) is 6.48. The monoisotopic (exact) mass is 462 g/mol. The molecule has 5 nitrogen and oxygen atoms in total. The Morgan fingerprint density at radius 1 is 1.20 bits per heavy atom. The number of thioether (sulfide) groups is 1. The van der Waals surface area contributed by atoms with Gasteiger partial charge in [-0.2, -0.15) is 4.99 Å². The van der Waals surface area contributed by atoms with E-state index < -0.39 is 0 Å². The molecule has 0 saturated carbocycles. The number of carbonyl (C=O) groups is 1.